The molecule has 0 fully saturated rings. The maximum absolute atomic E-state index is 12.0. The second kappa shape index (κ2) is 4.17. The third-order valence-corrected chi connectivity index (χ3v) is 3.80. The molecule has 6 nitrogen and oxygen atoms in total. The highest BCUT2D eigenvalue weighted by molar-refractivity contribution is 7.92. The van der Waals surface area contributed by atoms with Crippen LogP contribution in [-0.2, 0) is 10.0 Å². The van der Waals surface area contributed by atoms with Gasteiger partial charge in [-0.25, -0.2) is 8.42 Å². The van der Waals surface area contributed by atoms with E-state index in [-0.39, 0.29) is 4.90 Å². The van der Waals surface area contributed by atoms with Crippen molar-refractivity contribution < 1.29 is 8.42 Å². The van der Waals surface area contributed by atoms with Gasteiger partial charge in [0.2, 0.25) is 0 Å². The number of anilines is 1. The zero-order valence-corrected chi connectivity index (χ0v) is 10.2. The van der Waals surface area contributed by atoms with E-state index >= 15 is 0 Å². The molecule has 17 heavy (non-hydrogen) atoms. The Labute approximate surface area is 99.1 Å². The molecule has 2 rings (SSSR count). The summed E-state index contributed by atoms with van der Waals surface area (Å²) < 4.78 is 26.6. The van der Waals surface area contributed by atoms with Crippen molar-refractivity contribution in [2.45, 2.75) is 18.7 Å². The SMILES string of the molecule is Cc1ncccc1NS(=O)(=O)c1cn[nH]c1C. The van der Waals surface area contributed by atoms with Gasteiger partial charge in [-0.3, -0.25) is 14.8 Å². The third-order valence-electron chi connectivity index (χ3n) is 2.32. The van der Waals surface area contributed by atoms with Crippen molar-refractivity contribution in [3.05, 3.63) is 35.9 Å². The molecule has 0 saturated carbocycles. The van der Waals surface area contributed by atoms with Crippen LogP contribution in [-0.4, -0.2) is 23.6 Å². The summed E-state index contributed by atoms with van der Waals surface area (Å²) in [6.07, 6.45) is 2.89. The van der Waals surface area contributed by atoms with Crippen molar-refractivity contribution in [2.75, 3.05) is 4.72 Å². The van der Waals surface area contributed by atoms with Crippen molar-refractivity contribution in [3.8, 4) is 0 Å². The Hall–Kier alpha value is -1.89. The number of aryl methyl sites for hydroxylation is 2. The fraction of sp³-hybridized carbons (Fsp3) is 0.200. The molecule has 0 radical (unpaired) electrons. The van der Waals surface area contributed by atoms with Gasteiger partial charge in [0.05, 0.1) is 23.3 Å². The van der Waals surface area contributed by atoms with Crippen LogP contribution in [0.2, 0.25) is 0 Å². The molecule has 0 atom stereocenters. The van der Waals surface area contributed by atoms with Crippen LogP contribution < -0.4 is 4.72 Å². The highest BCUT2D eigenvalue weighted by Gasteiger charge is 2.19. The number of nitrogens with one attached hydrogen (secondary N) is 2. The maximum Gasteiger partial charge on any atom is 0.265 e. The van der Waals surface area contributed by atoms with E-state index < -0.39 is 10.0 Å². The number of pyridine rings is 1. The van der Waals surface area contributed by atoms with Gasteiger partial charge < -0.3 is 0 Å². The Morgan fingerprint density at radius 2 is 2.12 bits per heavy atom. The molecule has 0 unspecified atom stereocenters. The predicted octanol–water partition coefficient (Wildman–Crippen LogP) is 1.22. The van der Waals surface area contributed by atoms with Crippen molar-refractivity contribution in [1.29, 1.82) is 0 Å². The molecular weight excluding hydrogens is 240 g/mol. The van der Waals surface area contributed by atoms with Crippen LogP contribution in [0, 0.1) is 13.8 Å². The number of sulfonamides is 1. The van der Waals surface area contributed by atoms with E-state index in [2.05, 4.69) is 19.9 Å². The summed E-state index contributed by atoms with van der Waals surface area (Å²) in [5.74, 6) is 0. The molecule has 0 amide bonds. The van der Waals surface area contributed by atoms with Crippen molar-refractivity contribution in [3.63, 3.8) is 0 Å². The number of aromatic amines is 1. The predicted molar refractivity (Wildman–Crippen MR) is 63.1 cm³/mol. The molecule has 2 N–H and O–H groups in total. The van der Waals surface area contributed by atoms with Crippen LogP contribution in [0.3, 0.4) is 0 Å². The summed E-state index contributed by atoms with van der Waals surface area (Å²) in [6.45, 7) is 3.39. The maximum atomic E-state index is 12.0. The van der Waals surface area contributed by atoms with Gasteiger partial charge in [0.1, 0.15) is 4.90 Å². The second-order valence-electron chi connectivity index (χ2n) is 3.60. The summed E-state index contributed by atoms with van der Waals surface area (Å²) >= 11 is 0. The Morgan fingerprint density at radius 1 is 1.35 bits per heavy atom. The van der Waals surface area contributed by atoms with Gasteiger partial charge in [-0.2, -0.15) is 5.10 Å². The molecule has 2 aromatic heterocycles. The van der Waals surface area contributed by atoms with E-state index in [0.29, 0.717) is 17.1 Å². The number of nitrogens with zero attached hydrogens (tertiary/aromatic N) is 2. The summed E-state index contributed by atoms with van der Waals surface area (Å²) in [7, 11) is -3.61. The number of hydrogen-bond donors (Lipinski definition) is 2. The summed E-state index contributed by atoms with van der Waals surface area (Å²) in [4.78, 5) is 4.16. The highest BCUT2D eigenvalue weighted by atomic mass is 32.2. The van der Waals surface area contributed by atoms with E-state index in [1.165, 1.54) is 6.20 Å². The van der Waals surface area contributed by atoms with Gasteiger partial charge in [-0.1, -0.05) is 0 Å². The quantitative estimate of drug-likeness (QED) is 0.859. The lowest BCUT2D eigenvalue weighted by Gasteiger charge is -2.08. The number of rotatable bonds is 3. The first-order valence-corrected chi connectivity index (χ1v) is 6.43. The van der Waals surface area contributed by atoms with Crippen LogP contribution in [0.4, 0.5) is 5.69 Å². The Kier molecular flexibility index (Phi) is 2.84. The smallest absolute Gasteiger partial charge is 0.265 e. The van der Waals surface area contributed by atoms with E-state index in [0.717, 1.165) is 0 Å². The fourth-order valence-corrected chi connectivity index (χ4v) is 2.66. The fourth-order valence-electron chi connectivity index (χ4n) is 1.40. The van der Waals surface area contributed by atoms with Crippen molar-refractivity contribution in [1.82, 2.24) is 15.2 Å². The molecule has 2 aromatic rings. The average molecular weight is 252 g/mol. The molecular formula is C10H12N4O2S. The van der Waals surface area contributed by atoms with Gasteiger partial charge in [-0.15, -0.1) is 0 Å². The van der Waals surface area contributed by atoms with Crippen LogP contribution in [0.25, 0.3) is 0 Å². The molecule has 0 aliphatic heterocycles. The molecule has 7 heteroatoms. The molecule has 0 aromatic carbocycles. The molecule has 90 valence electrons. The molecule has 0 aliphatic rings. The second-order valence-corrected chi connectivity index (χ2v) is 5.25. The van der Waals surface area contributed by atoms with Crippen LogP contribution in [0.5, 0.6) is 0 Å². The molecule has 0 saturated heterocycles. The zero-order chi connectivity index (χ0) is 12.5. The lowest BCUT2D eigenvalue weighted by molar-refractivity contribution is 0.600. The first-order chi connectivity index (χ1) is 8.00. The third kappa shape index (κ3) is 2.28. The Balaban J connectivity index is 2.37. The average Bonchev–Trinajstić information content (AvgIpc) is 2.68. The van der Waals surface area contributed by atoms with Crippen molar-refractivity contribution >= 4 is 15.7 Å². The van der Waals surface area contributed by atoms with E-state index in [1.807, 2.05) is 0 Å². The van der Waals surface area contributed by atoms with E-state index in [1.54, 1.807) is 32.2 Å². The lowest BCUT2D eigenvalue weighted by Crippen LogP contribution is -2.14. The van der Waals surface area contributed by atoms with Gasteiger partial charge >= 0.3 is 0 Å². The topological polar surface area (TPSA) is 87.7 Å². The molecule has 2 heterocycles. The lowest BCUT2D eigenvalue weighted by atomic mass is 10.3. The van der Waals surface area contributed by atoms with Crippen LogP contribution in [0.15, 0.2) is 29.4 Å². The van der Waals surface area contributed by atoms with E-state index in [4.69, 9.17) is 0 Å². The molecule has 0 spiro atoms. The number of H-pyrrole nitrogens is 1. The van der Waals surface area contributed by atoms with Gasteiger partial charge in [0, 0.05) is 6.20 Å². The largest absolute Gasteiger partial charge is 0.281 e. The van der Waals surface area contributed by atoms with Crippen LogP contribution >= 0.6 is 0 Å². The molecule has 0 aliphatic carbocycles. The van der Waals surface area contributed by atoms with Gasteiger partial charge in [-0.05, 0) is 26.0 Å². The van der Waals surface area contributed by atoms with Crippen LogP contribution in [0.1, 0.15) is 11.4 Å². The Morgan fingerprint density at radius 3 is 2.71 bits per heavy atom. The minimum Gasteiger partial charge on any atom is -0.281 e. The summed E-state index contributed by atoms with van der Waals surface area (Å²) in [6, 6.07) is 3.34. The Bertz CT molecular complexity index is 633. The number of hydrogen-bond acceptors (Lipinski definition) is 4. The monoisotopic (exact) mass is 252 g/mol. The summed E-state index contributed by atoms with van der Waals surface area (Å²) in [5, 5.41) is 6.28. The summed E-state index contributed by atoms with van der Waals surface area (Å²) in [5.41, 5.74) is 1.59. The van der Waals surface area contributed by atoms with Crippen molar-refractivity contribution in [2.24, 2.45) is 0 Å². The van der Waals surface area contributed by atoms with Gasteiger partial charge in [0.15, 0.2) is 0 Å². The normalized spacial score (nSPS) is 11.4. The number of aromatic nitrogens is 3. The highest BCUT2D eigenvalue weighted by Crippen LogP contribution is 2.18. The molecule has 0 bridgehead atoms. The zero-order valence-electron chi connectivity index (χ0n) is 9.43. The van der Waals surface area contributed by atoms with Gasteiger partial charge in [0.25, 0.3) is 10.0 Å². The first kappa shape index (κ1) is 11.6. The minimum atomic E-state index is -3.61. The van der Waals surface area contributed by atoms with E-state index in [9.17, 15) is 8.42 Å². The first-order valence-electron chi connectivity index (χ1n) is 4.95. The standard InChI is InChI=1S/C10H12N4O2S/c1-7-9(4-3-5-11-7)14-17(15,16)10-6-12-13-8(10)2/h3-6,14H,1-2H3,(H,12,13). The minimum absolute atomic E-state index is 0.140.